The highest BCUT2D eigenvalue weighted by atomic mass is 35.5. The number of halogens is 1. The summed E-state index contributed by atoms with van der Waals surface area (Å²) in [6.07, 6.45) is 6.11. The van der Waals surface area contributed by atoms with Gasteiger partial charge in [-0.1, -0.05) is 11.6 Å². The first kappa shape index (κ1) is 9.80. The molecule has 0 aliphatic carbocycles. The molecule has 0 aliphatic rings. The number of pyridine rings is 2. The maximum atomic E-state index is 11.9. The highest BCUT2D eigenvalue weighted by Gasteiger charge is 2.09. The van der Waals surface area contributed by atoms with Crippen LogP contribution in [0.15, 0.2) is 43.0 Å². The molecule has 0 unspecified atom stereocenters. The predicted molar refractivity (Wildman–Crippen MR) is 56.9 cm³/mol. The molecular weight excluding hydrogens is 212 g/mol. The van der Waals surface area contributed by atoms with Gasteiger partial charge in [0.05, 0.1) is 5.02 Å². The predicted octanol–water partition coefficient (Wildman–Crippen LogP) is 2.36. The van der Waals surface area contributed by atoms with Gasteiger partial charge in [-0.15, -0.1) is 0 Å². The second-order valence-electron chi connectivity index (χ2n) is 2.96. The third-order valence-electron chi connectivity index (χ3n) is 1.89. The minimum atomic E-state index is -0.127. The summed E-state index contributed by atoms with van der Waals surface area (Å²) in [4.78, 5) is 19.6. The molecule has 0 fully saturated rings. The Labute approximate surface area is 91.8 Å². The van der Waals surface area contributed by atoms with E-state index in [1.54, 1.807) is 24.4 Å². The molecule has 3 nitrogen and oxygen atoms in total. The van der Waals surface area contributed by atoms with Gasteiger partial charge in [0.25, 0.3) is 0 Å². The van der Waals surface area contributed by atoms with Crippen LogP contribution >= 0.6 is 11.6 Å². The topological polar surface area (TPSA) is 42.9 Å². The van der Waals surface area contributed by atoms with Crippen LogP contribution < -0.4 is 0 Å². The zero-order valence-corrected chi connectivity index (χ0v) is 8.48. The van der Waals surface area contributed by atoms with E-state index in [2.05, 4.69) is 9.97 Å². The Bertz CT molecular complexity index is 485. The molecule has 0 saturated carbocycles. The molecule has 0 saturated heterocycles. The summed E-state index contributed by atoms with van der Waals surface area (Å²) in [6.45, 7) is 0. The van der Waals surface area contributed by atoms with Crippen molar-refractivity contribution in [3.05, 3.63) is 59.1 Å². The Morgan fingerprint density at radius 1 is 1.13 bits per heavy atom. The molecule has 0 radical (unpaired) electrons. The second-order valence-corrected chi connectivity index (χ2v) is 3.40. The minimum absolute atomic E-state index is 0.127. The van der Waals surface area contributed by atoms with E-state index < -0.39 is 0 Å². The molecule has 0 amide bonds. The Balaban J connectivity index is 2.37. The lowest BCUT2D eigenvalue weighted by Gasteiger charge is -1.99. The number of carbonyl (C=O) groups is 1. The molecule has 2 heterocycles. The summed E-state index contributed by atoms with van der Waals surface area (Å²) >= 11 is 5.75. The summed E-state index contributed by atoms with van der Waals surface area (Å²) in [5.41, 5.74) is 0.997. The van der Waals surface area contributed by atoms with Crippen molar-refractivity contribution in [3.63, 3.8) is 0 Å². The summed E-state index contributed by atoms with van der Waals surface area (Å²) in [7, 11) is 0. The van der Waals surface area contributed by atoms with Crippen LogP contribution in [0.25, 0.3) is 0 Å². The van der Waals surface area contributed by atoms with Crippen molar-refractivity contribution in [2.45, 2.75) is 0 Å². The monoisotopic (exact) mass is 218 g/mol. The van der Waals surface area contributed by atoms with Crippen LogP contribution in [-0.2, 0) is 0 Å². The third kappa shape index (κ3) is 2.19. The third-order valence-corrected chi connectivity index (χ3v) is 2.10. The van der Waals surface area contributed by atoms with Gasteiger partial charge in [-0.25, -0.2) is 0 Å². The van der Waals surface area contributed by atoms with E-state index in [-0.39, 0.29) is 5.78 Å². The van der Waals surface area contributed by atoms with Gasteiger partial charge in [0.15, 0.2) is 5.78 Å². The van der Waals surface area contributed by atoms with Gasteiger partial charge in [0.1, 0.15) is 0 Å². The van der Waals surface area contributed by atoms with Crippen molar-refractivity contribution in [3.8, 4) is 0 Å². The summed E-state index contributed by atoms with van der Waals surface area (Å²) < 4.78 is 0. The molecular formula is C11H7ClN2O. The van der Waals surface area contributed by atoms with Gasteiger partial charge in [-0.3, -0.25) is 14.8 Å². The molecule has 0 aromatic carbocycles. The Morgan fingerprint density at radius 3 is 2.60 bits per heavy atom. The molecule has 74 valence electrons. The number of hydrogen-bond acceptors (Lipinski definition) is 3. The summed E-state index contributed by atoms with van der Waals surface area (Å²) in [5.74, 6) is -0.127. The van der Waals surface area contributed by atoms with Gasteiger partial charge < -0.3 is 0 Å². The smallest absolute Gasteiger partial charge is 0.196 e. The van der Waals surface area contributed by atoms with Gasteiger partial charge in [0, 0.05) is 35.9 Å². The number of rotatable bonds is 2. The highest BCUT2D eigenvalue weighted by Crippen LogP contribution is 2.12. The van der Waals surface area contributed by atoms with Crippen molar-refractivity contribution < 1.29 is 4.79 Å². The van der Waals surface area contributed by atoms with Gasteiger partial charge >= 0.3 is 0 Å². The normalized spacial score (nSPS) is 9.93. The van der Waals surface area contributed by atoms with Crippen molar-refractivity contribution in [2.24, 2.45) is 0 Å². The van der Waals surface area contributed by atoms with Crippen molar-refractivity contribution in [1.29, 1.82) is 0 Å². The average Bonchev–Trinajstić information content (AvgIpc) is 2.29. The van der Waals surface area contributed by atoms with Gasteiger partial charge in [0.2, 0.25) is 0 Å². The van der Waals surface area contributed by atoms with Crippen LogP contribution in [0.1, 0.15) is 15.9 Å². The van der Waals surface area contributed by atoms with E-state index in [4.69, 9.17) is 11.6 Å². The minimum Gasteiger partial charge on any atom is -0.288 e. The number of hydrogen-bond donors (Lipinski definition) is 0. The van der Waals surface area contributed by atoms with Crippen molar-refractivity contribution >= 4 is 17.4 Å². The first-order valence-electron chi connectivity index (χ1n) is 4.32. The quantitative estimate of drug-likeness (QED) is 0.727. The van der Waals surface area contributed by atoms with E-state index in [1.165, 1.54) is 18.6 Å². The van der Waals surface area contributed by atoms with E-state index in [1.807, 2.05) is 0 Å². The SMILES string of the molecule is O=C(c1cccnc1)c1cncc(Cl)c1. The average molecular weight is 219 g/mol. The first-order chi connectivity index (χ1) is 7.27. The number of carbonyl (C=O) groups excluding carboxylic acids is 1. The molecule has 2 rings (SSSR count). The van der Waals surface area contributed by atoms with Crippen LogP contribution in [0, 0.1) is 0 Å². The zero-order chi connectivity index (χ0) is 10.7. The lowest BCUT2D eigenvalue weighted by Crippen LogP contribution is -2.01. The van der Waals surface area contributed by atoms with Crippen molar-refractivity contribution in [2.75, 3.05) is 0 Å². The van der Waals surface area contributed by atoms with E-state index >= 15 is 0 Å². The molecule has 0 atom stereocenters. The molecule has 0 aliphatic heterocycles. The lowest BCUT2D eigenvalue weighted by atomic mass is 10.1. The fourth-order valence-electron chi connectivity index (χ4n) is 1.20. The number of nitrogens with zero attached hydrogens (tertiary/aromatic N) is 2. The summed E-state index contributed by atoms with van der Waals surface area (Å²) in [5, 5.41) is 0.449. The molecule has 0 bridgehead atoms. The number of ketones is 1. The fraction of sp³-hybridized carbons (Fsp3) is 0. The zero-order valence-electron chi connectivity index (χ0n) is 7.72. The molecule has 2 aromatic heterocycles. The fourth-order valence-corrected chi connectivity index (χ4v) is 1.37. The van der Waals surface area contributed by atoms with Crippen LogP contribution in [0.4, 0.5) is 0 Å². The number of aromatic nitrogens is 2. The van der Waals surface area contributed by atoms with E-state index in [9.17, 15) is 4.79 Å². The van der Waals surface area contributed by atoms with E-state index in [0.29, 0.717) is 16.1 Å². The Hall–Kier alpha value is -1.74. The molecule has 15 heavy (non-hydrogen) atoms. The van der Waals surface area contributed by atoms with Gasteiger partial charge in [-0.05, 0) is 18.2 Å². The first-order valence-corrected chi connectivity index (χ1v) is 4.70. The molecule has 4 heteroatoms. The van der Waals surface area contributed by atoms with Crippen LogP contribution in [0.3, 0.4) is 0 Å². The van der Waals surface area contributed by atoms with E-state index in [0.717, 1.165) is 0 Å². The maximum absolute atomic E-state index is 11.9. The molecule has 0 spiro atoms. The van der Waals surface area contributed by atoms with Crippen molar-refractivity contribution in [1.82, 2.24) is 9.97 Å². The van der Waals surface area contributed by atoms with Crippen LogP contribution in [-0.4, -0.2) is 15.8 Å². The lowest BCUT2D eigenvalue weighted by molar-refractivity contribution is 0.103. The maximum Gasteiger partial charge on any atom is 0.196 e. The van der Waals surface area contributed by atoms with Crippen LogP contribution in [0.2, 0.25) is 5.02 Å². The second kappa shape index (κ2) is 4.19. The molecule has 2 aromatic rings. The van der Waals surface area contributed by atoms with Gasteiger partial charge in [-0.2, -0.15) is 0 Å². The van der Waals surface area contributed by atoms with Crippen LogP contribution in [0.5, 0.6) is 0 Å². The molecule has 0 N–H and O–H groups in total. The standard InChI is InChI=1S/C11H7ClN2O/c12-10-4-9(6-14-7-10)11(15)8-2-1-3-13-5-8/h1-7H. The Kier molecular flexibility index (Phi) is 2.74. The Morgan fingerprint density at radius 2 is 1.93 bits per heavy atom. The highest BCUT2D eigenvalue weighted by molar-refractivity contribution is 6.31. The summed E-state index contributed by atoms with van der Waals surface area (Å²) in [6, 6.07) is 5.01. The largest absolute Gasteiger partial charge is 0.288 e.